The third kappa shape index (κ3) is 5.23. The Hall–Kier alpha value is -1.50. The molecule has 1 amide bonds. The number of likely N-dealkylation sites (tertiary alicyclic amines) is 1. The van der Waals surface area contributed by atoms with Crippen molar-refractivity contribution in [2.45, 2.75) is 49.9 Å². The molecular weight excluding hydrogens is 336 g/mol. The average Bonchev–Trinajstić information content (AvgIpc) is 3.14. The van der Waals surface area contributed by atoms with Gasteiger partial charge in [-0.05, 0) is 31.7 Å². The van der Waals surface area contributed by atoms with Crippen LogP contribution in [0.15, 0.2) is 12.1 Å². The smallest absolute Gasteiger partial charge is 0.233 e. The van der Waals surface area contributed by atoms with Gasteiger partial charge in [-0.2, -0.15) is 0 Å². The van der Waals surface area contributed by atoms with Crippen LogP contribution in [0.2, 0.25) is 0 Å². The molecule has 2 fully saturated rings. The normalized spacial score (nSPS) is 21.4. The highest BCUT2D eigenvalue weighted by Gasteiger charge is 2.26. The number of thioether (sulfide) groups is 1. The Kier molecular flexibility index (Phi) is 6.39. The van der Waals surface area contributed by atoms with E-state index in [0.29, 0.717) is 23.4 Å². The lowest BCUT2D eigenvalue weighted by atomic mass is 10.1. The summed E-state index contributed by atoms with van der Waals surface area (Å²) in [5, 5.41) is 8.96. The molecule has 0 N–H and O–H groups in total. The summed E-state index contributed by atoms with van der Waals surface area (Å²) in [7, 11) is 3.86. The monoisotopic (exact) mass is 364 g/mol. The lowest BCUT2D eigenvalue weighted by molar-refractivity contribution is -0.130. The van der Waals surface area contributed by atoms with Gasteiger partial charge >= 0.3 is 0 Å². The van der Waals surface area contributed by atoms with Crippen LogP contribution in [0.4, 0.5) is 5.82 Å². The second-order valence-electron chi connectivity index (χ2n) is 7.06. The van der Waals surface area contributed by atoms with Crippen molar-refractivity contribution < 1.29 is 9.53 Å². The van der Waals surface area contributed by atoms with Crippen LogP contribution in [-0.4, -0.2) is 65.3 Å². The van der Waals surface area contributed by atoms with Gasteiger partial charge in [-0.1, -0.05) is 12.8 Å². The molecule has 138 valence electrons. The Bertz CT molecular complexity index is 561. The number of amides is 1. The molecule has 1 aliphatic carbocycles. The van der Waals surface area contributed by atoms with Gasteiger partial charge in [0.25, 0.3) is 0 Å². The number of anilines is 1. The van der Waals surface area contributed by atoms with Crippen molar-refractivity contribution in [3.63, 3.8) is 0 Å². The molecule has 3 rings (SSSR count). The predicted octanol–water partition coefficient (Wildman–Crippen LogP) is 2.59. The Morgan fingerprint density at radius 2 is 2.04 bits per heavy atom. The predicted molar refractivity (Wildman–Crippen MR) is 101 cm³/mol. The van der Waals surface area contributed by atoms with Gasteiger partial charge in [0.2, 0.25) is 11.8 Å². The molecule has 25 heavy (non-hydrogen) atoms. The molecule has 0 aromatic carbocycles. The first-order chi connectivity index (χ1) is 12.1. The molecule has 1 saturated carbocycles. The van der Waals surface area contributed by atoms with Crippen molar-refractivity contribution in [3.8, 4) is 5.88 Å². The third-order valence-electron chi connectivity index (χ3n) is 4.85. The Balaban J connectivity index is 1.47. The van der Waals surface area contributed by atoms with Gasteiger partial charge in [0, 0.05) is 32.0 Å². The first-order valence-corrected chi connectivity index (χ1v) is 10.2. The van der Waals surface area contributed by atoms with Crippen LogP contribution in [0, 0.1) is 0 Å². The zero-order chi connectivity index (χ0) is 17.6. The molecule has 1 aliphatic heterocycles. The van der Waals surface area contributed by atoms with Crippen molar-refractivity contribution in [1.82, 2.24) is 15.1 Å². The Morgan fingerprint density at radius 1 is 1.24 bits per heavy atom. The lowest BCUT2D eigenvalue weighted by Crippen LogP contribution is -2.45. The fraction of sp³-hybridized carbons (Fsp3) is 0.722. The topological polar surface area (TPSA) is 58.6 Å². The number of hydrogen-bond donors (Lipinski definition) is 0. The maximum atomic E-state index is 12.5. The van der Waals surface area contributed by atoms with Gasteiger partial charge in [0.1, 0.15) is 6.10 Å². The van der Waals surface area contributed by atoms with Gasteiger partial charge in [-0.25, -0.2) is 0 Å². The van der Waals surface area contributed by atoms with Crippen molar-refractivity contribution in [1.29, 1.82) is 0 Å². The van der Waals surface area contributed by atoms with E-state index in [2.05, 4.69) is 10.2 Å². The molecule has 0 radical (unpaired) electrons. The number of carbonyl (C=O) groups is 1. The number of nitrogens with zero attached hydrogens (tertiary/aromatic N) is 4. The SMILES string of the molecule is CN(C)c1ccc(OC2CCCN(C(=O)CSC3CCCC3)C2)nn1. The molecule has 1 saturated heterocycles. The fourth-order valence-corrected chi connectivity index (χ4v) is 4.61. The van der Waals surface area contributed by atoms with E-state index in [1.807, 2.05) is 47.8 Å². The summed E-state index contributed by atoms with van der Waals surface area (Å²) >= 11 is 1.84. The minimum Gasteiger partial charge on any atom is -0.471 e. The number of piperidine rings is 1. The molecule has 0 bridgehead atoms. The second kappa shape index (κ2) is 8.74. The van der Waals surface area contributed by atoms with Crippen LogP contribution in [-0.2, 0) is 4.79 Å². The van der Waals surface area contributed by atoms with E-state index < -0.39 is 0 Å². The van der Waals surface area contributed by atoms with Crippen LogP contribution in [0.1, 0.15) is 38.5 Å². The highest BCUT2D eigenvalue weighted by molar-refractivity contribution is 8.00. The summed E-state index contributed by atoms with van der Waals surface area (Å²) in [5.74, 6) is 2.19. The molecule has 0 spiro atoms. The number of ether oxygens (including phenoxy) is 1. The molecule has 1 aromatic rings. The van der Waals surface area contributed by atoms with Gasteiger partial charge in [0.05, 0.1) is 12.3 Å². The molecule has 1 unspecified atom stereocenters. The van der Waals surface area contributed by atoms with Gasteiger partial charge in [-0.15, -0.1) is 22.0 Å². The maximum absolute atomic E-state index is 12.5. The van der Waals surface area contributed by atoms with Crippen molar-refractivity contribution in [2.75, 3.05) is 37.8 Å². The first kappa shape index (κ1) is 18.3. The average molecular weight is 365 g/mol. The fourth-order valence-electron chi connectivity index (χ4n) is 3.38. The van der Waals surface area contributed by atoms with E-state index in [1.165, 1.54) is 25.7 Å². The molecule has 2 heterocycles. The molecule has 1 atom stereocenters. The minimum absolute atomic E-state index is 0.00804. The first-order valence-electron chi connectivity index (χ1n) is 9.19. The quantitative estimate of drug-likeness (QED) is 0.773. The summed E-state index contributed by atoms with van der Waals surface area (Å²) in [5.41, 5.74) is 0. The maximum Gasteiger partial charge on any atom is 0.233 e. The minimum atomic E-state index is 0.00804. The molecule has 6 nitrogen and oxygen atoms in total. The number of hydrogen-bond acceptors (Lipinski definition) is 6. The van der Waals surface area contributed by atoms with E-state index in [9.17, 15) is 4.79 Å². The molecule has 7 heteroatoms. The van der Waals surface area contributed by atoms with Crippen LogP contribution in [0.5, 0.6) is 5.88 Å². The van der Waals surface area contributed by atoms with Gasteiger partial charge in [-0.3, -0.25) is 4.79 Å². The van der Waals surface area contributed by atoms with E-state index >= 15 is 0 Å². The van der Waals surface area contributed by atoms with Crippen molar-refractivity contribution in [2.24, 2.45) is 0 Å². The number of carbonyl (C=O) groups excluding carboxylic acids is 1. The lowest BCUT2D eigenvalue weighted by Gasteiger charge is -2.32. The summed E-state index contributed by atoms with van der Waals surface area (Å²) in [4.78, 5) is 16.3. The van der Waals surface area contributed by atoms with Crippen LogP contribution in [0.25, 0.3) is 0 Å². The zero-order valence-electron chi connectivity index (χ0n) is 15.2. The van der Waals surface area contributed by atoms with Crippen LogP contribution >= 0.6 is 11.8 Å². The summed E-state index contributed by atoms with van der Waals surface area (Å²) < 4.78 is 5.96. The van der Waals surface area contributed by atoms with Crippen LogP contribution < -0.4 is 9.64 Å². The molecule has 1 aromatic heterocycles. The second-order valence-corrected chi connectivity index (χ2v) is 8.35. The number of rotatable bonds is 6. The van der Waals surface area contributed by atoms with Crippen molar-refractivity contribution in [3.05, 3.63) is 12.1 Å². The van der Waals surface area contributed by atoms with Crippen LogP contribution in [0.3, 0.4) is 0 Å². The Morgan fingerprint density at radius 3 is 2.72 bits per heavy atom. The summed E-state index contributed by atoms with van der Waals surface area (Å²) in [6.45, 7) is 1.50. The summed E-state index contributed by atoms with van der Waals surface area (Å²) in [6, 6.07) is 3.74. The van der Waals surface area contributed by atoms with Gasteiger partial charge < -0.3 is 14.5 Å². The van der Waals surface area contributed by atoms with E-state index in [0.717, 1.165) is 25.2 Å². The van der Waals surface area contributed by atoms with E-state index in [1.54, 1.807) is 0 Å². The van der Waals surface area contributed by atoms with Crippen molar-refractivity contribution >= 4 is 23.5 Å². The van der Waals surface area contributed by atoms with E-state index in [4.69, 9.17) is 4.74 Å². The summed E-state index contributed by atoms with van der Waals surface area (Å²) in [6.07, 6.45) is 7.12. The number of aromatic nitrogens is 2. The van der Waals surface area contributed by atoms with E-state index in [-0.39, 0.29) is 12.0 Å². The zero-order valence-corrected chi connectivity index (χ0v) is 16.0. The molecular formula is C18H28N4O2S. The third-order valence-corrected chi connectivity index (χ3v) is 6.20. The highest BCUT2D eigenvalue weighted by Crippen LogP contribution is 2.29. The molecule has 2 aliphatic rings. The highest BCUT2D eigenvalue weighted by atomic mass is 32.2. The standard InChI is InChI=1S/C18H28N4O2S/c1-21(2)16-9-10-17(20-19-16)24-14-6-5-11-22(12-14)18(23)13-25-15-7-3-4-8-15/h9-10,14-15H,3-8,11-13H2,1-2H3. The Labute approximate surface area is 154 Å². The largest absolute Gasteiger partial charge is 0.471 e. The van der Waals surface area contributed by atoms with Gasteiger partial charge in [0.15, 0.2) is 5.82 Å².